The van der Waals surface area contributed by atoms with E-state index >= 15 is 0 Å². The quantitative estimate of drug-likeness (QED) is 0.327. The van der Waals surface area contributed by atoms with Gasteiger partial charge in [-0.2, -0.15) is 0 Å². The minimum Gasteiger partial charge on any atom is -0.306 e. The molecule has 10 heteroatoms. The molecule has 0 fully saturated rings. The highest BCUT2D eigenvalue weighted by atomic mass is 35.5. The minimum atomic E-state index is -3.45. The first kappa shape index (κ1) is 24.7. The lowest BCUT2D eigenvalue weighted by molar-refractivity contribution is 0.598. The highest BCUT2D eigenvalue weighted by molar-refractivity contribution is 7.90. The first-order chi connectivity index (χ1) is 18.7. The number of hydrogen-bond donors (Lipinski definition) is 1. The van der Waals surface area contributed by atoms with Crippen molar-refractivity contribution in [3.8, 4) is 27.9 Å². The predicted molar refractivity (Wildman–Crippen MR) is 152 cm³/mol. The maximum absolute atomic E-state index is 13.5. The third-order valence-electron chi connectivity index (χ3n) is 6.52. The van der Waals surface area contributed by atoms with Crippen LogP contribution in [0.4, 0.5) is 0 Å². The molecular formula is C29H19ClN4O4S. The van der Waals surface area contributed by atoms with Crippen molar-refractivity contribution in [2.45, 2.75) is 5.03 Å². The average molecular weight is 555 g/mol. The van der Waals surface area contributed by atoms with Crippen molar-refractivity contribution in [3.63, 3.8) is 0 Å². The predicted octanol–water partition coefficient (Wildman–Crippen LogP) is 5.01. The number of hydrogen-bond acceptors (Lipinski definition) is 6. The number of nitrogens with zero attached hydrogens (tertiary/aromatic N) is 3. The summed E-state index contributed by atoms with van der Waals surface area (Å²) in [7, 11) is -3.45. The molecule has 3 heterocycles. The molecule has 0 atom stereocenters. The van der Waals surface area contributed by atoms with Crippen molar-refractivity contribution in [3.05, 3.63) is 117 Å². The van der Waals surface area contributed by atoms with E-state index in [4.69, 9.17) is 11.6 Å². The molecule has 0 aliphatic carbocycles. The van der Waals surface area contributed by atoms with Gasteiger partial charge in [0.2, 0.25) is 0 Å². The van der Waals surface area contributed by atoms with Crippen molar-refractivity contribution in [1.29, 1.82) is 0 Å². The topological polar surface area (TPSA) is 115 Å². The van der Waals surface area contributed by atoms with Gasteiger partial charge in [-0.15, -0.1) is 0 Å². The number of aromatic nitrogens is 4. The Morgan fingerprint density at radius 3 is 2.41 bits per heavy atom. The zero-order valence-corrected chi connectivity index (χ0v) is 22.0. The Morgan fingerprint density at radius 1 is 0.846 bits per heavy atom. The fourth-order valence-corrected chi connectivity index (χ4v) is 5.53. The second kappa shape index (κ2) is 9.30. The number of aromatic amines is 1. The Balaban J connectivity index is 1.52. The van der Waals surface area contributed by atoms with E-state index in [1.807, 2.05) is 30.3 Å². The molecule has 192 valence electrons. The molecule has 8 nitrogen and oxygen atoms in total. The monoisotopic (exact) mass is 554 g/mol. The van der Waals surface area contributed by atoms with E-state index in [2.05, 4.69) is 15.0 Å². The van der Waals surface area contributed by atoms with E-state index < -0.39 is 21.1 Å². The van der Waals surface area contributed by atoms with Gasteiger partial charge in [0.25, 0.3) is 5.56 Å². The molecule has 0 unspecified atom stereocenters. The molecule has 0 radical (unpaired) electrons. The summed E-state index contributed by atoms with van der Waals surface area (Å²) < 4.78 is 24.8. The van der Waals surface area contributed by atoms with Crippen molar-refractivity contribution in [2.24, 2.45) is 0 Å². The van der Waals surface area contributed by atoms with Crippen LogP contribution in [0.25, 0.3) is 49.6 Å². The van der Waals surface area contributed by atoms with Crippen LogP contribution in [0.2, 0.25) is 5.02 Å². The number of fused-ring (bicyclic) bond motifs is 2. The first-order valence-electron chi connectivity index (χ1n) is 11.8. The lowest BCUT2D eigenvalue weighted by Crippen LogP contribution is -2.33. The maximum atomic E-state index is 13.5. The van der Waals surface area contributed by atoms with Crippen LogP contribution in [0.1, 0.15) is 0 Å². The number of halogens is 1. The van der Waals surface area contributed by atoms with Gasteiger partial charge in [0.15, 0.2) is 14.9 Å². The molecule has 0 saturated heterocycles. The van der Waals surface area contributed by atoms with Gasteiger partial charge >= 0.3 is 5.69 Å². The molecule has 0 spiro atoms. The standard InChI is InChI=1S/C29H19ClN4O4S/c1-39(37,38)26-12-10-19(15-32-26)21-7-4-8-23(30)27(21)17-9-11-22-24(13-17)33-29(36)34(28(22)35)25-16-31-14-18-5-2-3-6-20(18)25/h2-16H,1H3,(H,33,36). The summed E-state index contributed by atoms with van der Waals surface area (Å²) in [5.74, 6) is 0. The highest BCUT2D eigenvalue weighted by Crippen LogP contribution is 2.38. The Labute approximate surface area is 227 Å². The second-order valence-corrected chi connectivity index (χ2v) is 11.4. The van der Waals surface area contributed by atoms with Crippen LogP contribution >= 0.6 is 11.6 Å². The SMILES string of the molecule is CS(=O)(=O)c1ccc(-c2cccc(Cl)c2-c2ccc3c(=O)n(-c4cncc5ccccc45)c(=O)[nH]c3c2)cn1. The summed E-state index contributed by atoms with van der Waals surface area (Å²) in [5, 5.41) is 2.26. The van der Waals surface area contributed by atoms with Crippen LogP contribution in [0.3, 0.4) is 0 Å². The third-order valence-corrected chi connectivity index (χ3v) is 7.83. The van der Waals surface area contributed by atoms with Crippen LogP contribution in [0.15, 0.2) is 106 Å². The van der Waals surface area contributed by atoms with Crippen LogP contribution in [-0.4, -0.2) is 34.2 Å². The molecular weight excluding hydrogens is 536 g/mol. The van der Waals surface area contributed by atoms with Crippen molar-refractivity contribution in [1.82, 2.24) is 19.5 Å². The molecule has 3 aromatic carbocycles. The minimum absolute atomic E-state index is 0.0317. The van der Waals surface area contributed by atoms with Gasteiger partial charge < -0.3 is 4.98 Å². The lowest BCUT2D eigenvalue weighted by atomic mass is 9.95. The normalized spacial score (nSPS) is 11.7. The maximum Gasteiger partial charge on any atom is 0.333 e. The molecule has 6 rings (SSSR count). The first-order valence-corrected chi connectivity index (χ1v) is 14.1. The van der Waals surface area contributed by atoms with Crippen LogP contribution in [-0.2, 0) is 9.84 Å². The summed E-state index contributed by atoms with van der Waals surface area (Å²) in [4.78, 5) is 37.9. The summed E-state index contributed by atoms with van der Waals surface area (Å²) in [6.07, 6.45) is 5.75. The average Bonchev–Trinajstić information content (AvgIpc) is 2.92. The van der Waals surface area contributed by atoms with Gasteiger partial charge in [0, 0.05) is 45.6 Å². The number of benzene rings is 3. The molecule has 39 heavy (non-hydrogen) atoms. The molecule has 0 aliphatic rings. The molecule has 3 aromatic heterocycles. The molecule has 0 saturated carbocycles. The third kappa shape index (κ3) is 4.31. The summed E-state index contributed by atoms with van der Waals surface area (Å²) in [6, 6.07) is 21.0. The van der Waals surface area contributed by atoms with Gasteiger partial charge in [-0.1, -0.05) is 54.1 Å². The summed E-state index contributed by atoms with van der Waals surface area (Å²) in [6.45, 7) is 0. The summed E-state index contributed by atoms with van der Waals surface area (Å²) in [5.41, 5.74) is 2.36. The molecule has 1 N–H and O–H groups in total. The van der Waals surface area contributed by atoms with Gasteiger partial charge in [0.1, 0.15) is 0 Å². The van der Waals surface area contributed by atoms with E-state index in [1.165, 1.54) is 18.5 Å². The zero-order chi connectivity index (χ0) is 27.3. The van der Waals surface area contributed by atoms with Crippen molar-refractivity contribution < 1.29 is 8.42 Å². The van der Waals surface area contributed by atoms with Crippen LogP contribution in [0.5, 0.6) is 0 Å². The fraction of sp³-hybridized carbons (Fsp3) is 0.0345. The molecule has 0 bridgehead atoms. The smallest absolute Gasteiger partial charge is 0.306 e. The number of nitrogens with one attached hydrogen (secondary N) is 1. The lowest BCUT2D eigenvalue weighted by Gasteiger charge is -2.14. The van der Waals surface area contributed by atoms with E-state index in [-0.39, 0.29) is 5.03 Å². The Bertz CT molecular complexity index is 2150. The van der Waals surface area contributed by atoms with Gasteiger partial charge in [0.05, 0.1) is 22.8 Å². The highest BCUT2D eigenvalue weighted by Gasteiger charge is 2.17. The number of H-pyrrole nitrogens is 1. The van der Waals surface area contributed by atoms with Crippen LogP contribution < -0.4 is 11.2 Å². The Kier molecular flexibility index (Phi) is 5.90. The summed E-state index contributed by atoms with van der Waals surface area (Å²) >= 11 is 6.63. The Hall–Kier alpha value is -4.60. The van der Waals surface area contributed by atoms with Gasteiger partial charge in [-0.05, 0) is 41.5 Å². The second-order valence-electron chi connectivity index (χ2n) is 9.03. The largest absolute Gasteiger partial charge is 0.333 e. The molecule has 0 aliphatic heterocycles. The number of rotatable bonds is 4. The van der Waals surface area contributed by atoms with E-state index in [0.717, 1.165) is 21.6 Å². The van der Waals surface area contributed by atoms with Gasteiger partial charge in [-0.25, -0.2) is 22.8 Å². The molecule has 6 aromatic rings. The number of sulfone groups is 1. The molecule has 0 amide bonds. The van der Waals surface area contributed by atoms with E-state index in [9.17, 15) is 18.0 Å². The van der Waals surface area contributed by atoms with E-state index in [0.29, 0.717) is 43.9 Å². The van der Waals surface area contributed by atoms with Crippen LogP contribution in [0, 0.1) is 0 Å². The number of pyridine rings is 2. The van der Waals surface area contributed by atoms with Crippen molar-refractivity contribution in [2.75, 3.05) is 6.26 Å². The van der Waals surface area contributed by atoms with E-state index in [1.54, 1.807) is 42.6 Å². The zero-order valence-electron chi connectivity index (χ0n) is 20.4. The Morgan fingerprint density at radius 2 is 1.64 bits per heavy atom. The fourth-order valence-electron chi connectivity index (χ4n) is 4.69. The van der Waals surface area contributed by atoms with Gasteiger partial charge in [-0.3, -0.25) is 9.78 Å². The van der Waals surface area contributed by atoms with Crippen molar-refractivity contribution >= 4 is 43.1 Å².